The van der Waals surface area contributed by atoms with Crippen molar-refractivity contribution < 1.29 is 0 Å². The van der Waals surface area contributed by atoms with Crippen LogP contribution in [0.25, 0.3) is 151 Å². The number of hydrogen-bond donors (Lipinski definition) is 0. The molecule has 0 atom stereocenters. The van der Waals surface area contributed by atoms with Gasteiger partial charge >= 0.3 is 0 Å². The summed E-state index contributed by atoms with van der Waals surface area (Å²) in [5.41, 5.74) is 0. The Morgan fingerprint density at radius 2 is 0.250 bits per heavy atom. The van der Waals surface area contributed by atoms with Crippen LogP contribution in [0.1, 0.15) is 0 Å². The lowest BCUT2D eigenvalue weighted by Crippen LogP contribution is -2.02. The molecule has 0 bridgehead atoms. The van der Waals surface area contributed by atoms with Gasteiger partial charge in [-0.3, -0.25) is 0 Å². The van der Waals surface area contributed by atoms with Gasteiger partial charge in [-0.1, -0.05) is 121 Å². The van der Waals surface area contributed by atoms with Crippen LogP contribution in [-0.4, -0.2) is 0 Å². The molecule has 0 radical (unpaired) electrons. The normalized spacial score (nSPS) is 13.8. The fourth-order valence-electron chi connectivity index (χ4n) is 11.0. The minimum absolute atomic E-state index is 1.38. The quantitative estimate of drug-likeness (QED) is 0.163. The SMILES string of the molecule is c1ccc2c3ccc4c5ccccc6c7ccccc8c9ccc%10c%11ccccc%12c(c1)c1c%12c%11c%10c%10c(c3c21)c1c4c5c6c7c8c9c1%10. The molecule has 15 aromatic rings. The van der Waals surface area contributed by atoms with Crippen molar-refractivity contribution in [3.8, 4) is 0 Å². The molecule has 0 aromatic heterocycles. The minimum Gasteiger partial charge on any atom is -0.0616 e. The van der Waals surface area contributed by atoms with E-state index in [1.807, 2.05) is 0 Å². The molecule has 0 N–H and O–H groups in total. The molecular weight excluding hydrogens is 577 g/mol. The van der Waals surface area contributed by atoms with E-state index in [4.69, 9.17) is 0 Å². The van der Waals surface area contributed by atoms with Gasteiger partial charge in [0, 0.05) is 0 Å². The molecule has 0 aliphatic heterocycles. The maximum Gasteiger partial charge on any atom is -0.0000242 e. The number of fused-ring (bicyclic) bond motifs is 6. The summed E-state index contributed by atoms with van der Waals surface area (Å²) < 4.78 is 0. The first kappa shape index (κ1) is 22.3. The van der Waals surface area contributed by atoms with E-state index in [1.54, 1.807) is 0 Å². The summed E-state index contributed by atoms with van der Waals surface area (Å²) in [5, 5.41) is 40.2. The zero-order chi connectivity index (χ0) is 30.3. The number of rotatable bonds is 0. The minimum atomic E-state index is 1.38. The molecule has 0 aliphatic carbocycles. The number of hydrogen-bond acceptors (Lipinski definition) is 0. The molecule has 48 heavy (non-hydrogen) atoms. The molecule has 0 heterocycles. The van der Waals surface area contributed by atoms with Gasteiger partial charge in [0.25, 0.3) is 0 Å². The zero-order valence-electron chi connectivity index (χ0n) is 25.5. The van der Waals surface area contributed by atoms with E-state index in [0.29, 0.717) is 0 Å². The van der Waals surface area contributed by atoms with Crippen LogP contribution in [0.15, 0.2) is 121 Å². The summed E-state index contributed by atoms with van der Waals surface area (Å²) in [4.78, 5) is 0. The van der Waals surface area contributed by atoms with Gasteiger partial charge in [0.05, 0.1) is 0 Å². The second kappa shape index (κ2) is 6.74. The van der Waals surface area contributed by atoms with Crippen LogP contribution in [0.4, 0.5) is 0 Å². The molecule has 15 rings (SSSR count). The fraction of sp³-hybridized carbons (Fsp3) is 0. The third-order valence-corrected chi connectivity index (χ3v) is 12.9. The standard InChI is InChI=1S/C48H20/c1-5-13-25-29-17-18-30-27-15-7-3-11-23-24-12-4-8-16-28-32-20-19-31-26-14-6-2-10-22-21(9-1)33-34(22)38(26)42(31)46-45(41(29)37(25)33)47-43(30)39(27)35(23)36(24)40(28)44(32)48(46)47/h1-20H. The van der Waals surface area contributed by atoms with E-state index < -0.39 is 0 Å². The summed E-state index contributed by atoms with van der Waals surface area (Å²) >= 11 is 0. The molecule has 0 saturated carbocycles. The lowest BCUT2D eigenvalue weighted by Gasteiger charge is -2.31. The van der Waals surface area contributed by atoms with Crippen molar-refractivity contribution in [3.05, 3.63) is 121 Å². The monoisotopic (exact) mass is 596 g/mol. The van der Waals surface area contributed by atoms with E-state index in [-0.39, 0.29) is 0 Å². The molecule has 0 amide bonds. The Morgan fingerprint density at radius 1 is 0.125 bits per heavy atom. The second-order valence-electron chi connectivity index (χ2n) is 14.5. The molecular formula is C48H20. The summed E-state index contributed by atoms with van der Waals surface area (Å²) in [5.74, 6) is 0. The molecule has 0 unspecified atom stereocenters. The highest BCUT2D eigenvalue weighted by Gasteiger charge is 2.33. The summed E-state index contributed by atoms with van der Waals surface area (Å²) in [6.45, 7) is 0. The molecule has 212 valence electrons. The predicted octanol–water partition coefficient (Wildman–Crippen LogP) is 13.9. The third kappa shape index (κ3) is 1.93. The van der Waals surface area contributed by atoms with Gasteiger partial charge in [-0.25, -0.2) is 0 Å². The van der Waals surface area contributed by atoms with Gasteiger partial charge in [0.15, 0.2) is 0 Å². The lowest BCUT2D eigenvalue weighted by atomic mass is 9.71. The van der Waals surface area contributed by atoms with Crippen molar-refractivity contribution in [1.29, 1.82) is 0 Å². The van der Waals surface area contributed by atoms with Crippen LogP contribution in [0.3, 0.4) is 0 Å². The van der Waals surface area contributed by atoms with Crippen LogP contribution >= 0.6 is 0 Å². The molecule has 0 fully saturated rings. The van der Waals surface area contributed by atoms with E-state index in [2.05, 4.69) is 121 Å². The molecule has 0 nitrogen and oxygen atoms in total. The van der Waals surface area contributed by atoms with Gasteiger partial charge in [0.2, 0.25) is 0 Å². The first-order chi connectivity index (χ1) is 23.9. The zero-order valence-corrected chi connectivity index (χ0v) is 25.5. The van der Waals surface area contributed by atoms with E-state index in [0.717, 1.165) is 0 Å². The largest absolute Gasteiger partial charge is 0.0616 e. The molecule has 0 saturated heterocycles. The Hall–Kier alpha value is -6.24. The molecule has 0 heteroatoms. The van der Waals surface area contributed by atoms with Crippen LogP contribution in [0.2, 0.25) is 0 Å². The second-order valence-corrected chi connectivity index (χ2v) is 14.5. The Balaban J connectivity index is 1.41. The Kier molecular flexibility index (Phi) is 3.13. The fourth-order valence-corrected chi connectivity index (χ4v) is 11.0. The topological polar surface area (TPSA) is 0 Å². The average molecular weight is 597 g/mol. The molecule has 15 aromatic carbocycles. The first-order valence-electron chi connectivity index (χ1n) is 17.1. The van der Waals surface area contributed by atoms with E-state index in [9.17, 15) is 0 Å². The smallest absolute Gasteiger partial charge is 0.0000242 e. The first-order valence-corrected chi connectivity index (χ1v) is 17.1. The maximum absolute atomic E-state index is 2.44. The molecule has 0 aliphatic rings. The van der Waals surface area contributed by atoms with Gasteiger partial charge in [0.1, 0.15) is 0 Å². The van der Waals surface area contributed by atoms with Crippen molar-refractivity contribution in [2.75, 3.05) is 0 Å². The summed E-state index contributed by atoms with van der Waals surface area (Å²) in [6.07, 6.45) is 0. The van der Waals surface area contributed by atoms with Crippen molar-refractivity contribution in [2.45, 2.75) is 0 Å². The highest BCUT2D eigenvalue weighted by atomic mass is 14.4. The van der Waals surface area contributed by atoms with Gasteiger partial charge in [-0.2, -0.15) is 0 Å². The van der Waals surface area contributed by atoms with Crippen LogP contribution in [-0.2, 0) is 0 Å². The summed E-state index contributed by atoms with van der Waals surface area (Å²) in [6, 6.07) is 46.5. The van der Waals surface area contributed by atoms with E-state index in [1.165, 1.54) is 151 Å². The van der Waals surface area contributed by atoms with E-state index >= 15 is 0 Å². The Bertz CT molecular complexity index is 3350. The van der Waals surface area contributed by atoms with Crippen LogP contribution in [0, 0.1) is 0 Å². The van der Waals surface area contributed by atoms with Crippen molar-refractivity contribution in [3.63, 3.8) is 0 Å². The predicted molar refractivity (Wildman–Crippen MR) is 210 cm³/mol. The van der Waals surface area contributed by atoms with Gasteiger partial charge in [-0.05, 0) is 151 Å². The Labute approximate surface area is 271 Å². The third-order valence-electron chi connectivity index (χ3n) is 12.9. The van der Waals surface area contributed by atoms with Crippen molar-refractivity contribution in [1.82, 2.24) is 0 Å². The Morgan fingerprint density at radius 3 is 0.417 bits per heavy atom. The molecule has 0 spiro atoms. The highest BCUT2D eigenvalue weighted by molar-refractivity contribution is 6.64. The van der Waals surface area contributed by atoms with Gasteiger partial charge in [-0.15, -0.1) is 0 Å². The summed E-state index contributed by atoms with van der Waals surface area (Å²) in [7, 11) is 0. The lowest BCUT2D eigenvalue weighted by molar-refractivity contribution is 1.81. The average Bonchev–Trinajstić information content (AvgIpc) is 3.03. The maximum atomic E-state index is 2.44. The van der Waals surface area contributed by atoms with Crippen molar-refractivity contribution >= 4 is 151 Å². The van der Waals surface area contributed by atoms with Gasteiger partial charge < -0.3 is 0 Å². The van der Waals surface area contributed by atoms with Crippen molar-refractivity contribution in [2.24, 2.45) is 0 Å². The van der Waals surface area contributed by atoms with Crippen LogP contribution in [0.5, 0.6) is 0 Å². The van der Waals surface area contributed by atoms with Crippen LogP contribution < -0.4 is 0 Å². The highest BCUT2D eigenvalue weighted by Crippen LogP contribution is 2.63.